The summed E-state index contributed by atoms with van der Waals surface area (Å²) in [6.07, 6.45) is 9.11. The lowest BCUT2D eigenvalue weighted by Gasteiger charge is -2.22. The zero-order valence-electron chi connectivity index (χ0n) is 13.0. The van der Waals surface area contributed by atoms with E-state index in [1.54, 1.807) is 29.2 Å². The van der Waals surface area contributed by atoms with Gasteiger partial charge in [0.1, 0.15) is 5.82 Å². The van der Waals surface area contributed by atoms with Crippen LogP contribution < -0.4 is 10.6 Å². The minimum atomic E-state index is -0.254. The van der Waals surface area contributed by atoms with E-state index in [-0.39, 0.29) is 17.9 Å². The van der Waals surface area contributed by atoms with Gasteiger partial charge in [-0.25, -0.2) is 9.18 Å². The van der Waals surface area contributed by atoms with Crippen molar-refractivity contribution in [1.82, 2.24) is 15.1 Å². The highest BCUT2D eigenvalue weighted by molar-refractivity contribution is 5.89. The Morgan fingerprint density at radius 3 is 2.70 bits per heavy atom. The Balaban J connectivity index is 1.52. The van der Waals surface area contributed by atoms with Gasteiger partial charge in [-0.2, -0.15) is 5.10 Å². The summed E-state index contributed by atoms with van der Waals surface area (Å²) in [6.45, 7) is 0.534. The van der Waals surface area contributed by atoms with Crippen LogP contribution in [0.3, 0.4) is 0 Å². The first-order valence-electron chi connectivity index (χ1n) is 8.03. The predicted molar refractivity (Wildman–Crippen MR) is 86.8 cm³/mol. The zero-order chi connectivity index (χ0) is 16.1. The monoisotopic (exact) mass is 316 g/mol. The van der Waals surface area contributed by atoms with Crippen molar-refractivity contribution in [1.29, 1.82) is 0 Å². The minimum absolute atomic E-state index is 0.182. The smallest absolute Gasteiger partial charge is 0.319 e. The topological polar surface area (TPSA) is 59.0 Å². The maximum absolute atomic E-state index is 12.9. The van der Waals surface area contributed by atoms with Crippen molar-refractivity contribution in [2.45, 2.75) is 44.7 Å². The third kappa shape index (κ3) is 4.55. The molecule has 1 aromatic carbocycles. The lowest BCUT2D eigenvalue weighted by Crippen LogP contribution is -2.38. The number of aromatic nitrogens is 2. The SMILES string of the molecule is O=C(Nc1cnn(Cc2ccc(F)cc2)c1)NC1CCCCC1. The molecule has 122 valence electrons. The highest BCUT2D eigenvalue weighted by Crippen LogP contribution is 2.17. The molecular weight excluding hydrogens is 295 g/mol. The number of hydrogen-bond donors (Lipinski definition) is 2. The molecule has 1 saturated carbocycles. The van der Waals surface area contributed by atoms with Crippen LogP contribution in [-0.4, -0.2) is 21.9 Å². The quantitative estimate of drug-likeness (QED) is 0.906. The van der Waals surface area contributed by atoms with Gasteiger partial charge in [0.2, 0.25) is 0 Å². The largest absolute Gasteiger partial charge is 0.335 e. The highest BCUT2D eigenvalue weighted by Gasteiger charge is 2.15. The fraction of sp³-hybridized carbons (Fsp3) is 0.412. The number of urea groups is 1. The third-order valence-electron chi connectivity index (χ3n) is 4.09. The van der Waals surface area contributed by atoms with Gasteiger partial charge in [0.05, 0.1) is 18.4 Å². The molecule has 0 unspecified atom stereocenters. The Hall–Kier alpha value is -2.37. The number of carbonyl (C=O) groups is 1. The summed E-state index contributed by atoms with van der Waals surface area (Å²) in [5.74, 6) is -0.254. The molecule has 2 amide bonds. The van der Waals surface area contributed by atoms with Crippen LogP contribution in [0.4, 0.5) is 14.9 Å². The van der Waals surface area contributed by atoms with Crippen molar-refractivity contribution in [3.63, 3.8) is 0 Å². The van der Waals surface area contributed by atoms with E-state index in [9.17, 15) is 9.18 Å². The van der Waals surface area contributed by atoms with Gasteiger partial charge < -0.3 is 10.6 Å². The average Bonchev–Trinajstić information content (AvgIpc) is 2.97. The number of anilines is 1. The molecule has 0 radical (unpaired) electrons. The number of halogens is 1. The van der Waals surface area contributed by atoms with Gasteiger partial charge in [-0.05, 0) is 30.5 Å². The molecule has 1 aromatic heterocycles. The van der Waals surface area contributed by atoms with Crippen LogP contribution in [0.15, 0.2) is 36.7 Å². The first kappa shape index (κ1) is 15.5. The molecule has 2 N–H and O–H groups in total. The van der Waals surface area contributed by atoms with E-state index in [4.69, 9.17) is 0 Å². The molecule has 1 aliphatic carbocycles. The Kier molecular flexibility index (Phi) is 4.90. The minimum Gasteiger partial charge on any atom is -0.335 e. The molecule has 0 spiro atoms. The van der Waals surface area contributed by atoms with Crippen molar-refractivity contribution in [2.24, 2.45) is 0 Å². The second-order valence-corrected chi connectivity index (χ2v) is 5.99. The lowest BCUT2D eigenvalue weighted by molar-refractivity contribution is 0.244. The van der Waals surface area contributed by atoms with E-state index >= 15 is 0 Å². The molecular formula is C17H21FN4O. The Bertz CT molecular complexity index is 647. The molecule has 1 heterocycles. The van der Waals surface area contributed by atoms with Gasteiger partial charge in [-0.3, -0.25) is 4.68 Å². The van der Waals surface area contributed by atoms with Crippen molar-refractivity contribution in [3.8, 4) is 0 Å². The summed E-state index contributed by atoms with van der Waals surface area (Å²) in [7, 11) is 0. The fourth-order valence-corrected chi connectivity index (χ4v) is 2.89. The second-order valence-electron chi connectivity index (χ2n) is 5.99. The van der Waals surface area contributed by atoms with Crippen molar-refractivity contribution < 1.29 is 9.18 Å². The average molecular weight is 316 g/mol. The van der Waals surface area contributed by atoms with E-state index < -0.39 is 0 Å². The summed E-state index contributed by atoms with van der Waals surface area (Å²) in [4.78, 5) is 12.0. The fourth-order valence-electron chi connectivity index (χ4n) is 2.89. The number of benzene rings is 1. The molecule has 0 saturated heterocycles. The number of hydrogen-bond acceptors (Lipinski definition) is 2. The van der Waals surface area contributed by atoms with Gasteiger partial charge in [0.25, 0.3) is 0 Å². The van der Waals surface area contributed by atoms with E-state index in [2.05, 4.69) is 15.7 Å². The summed E-state index contributed by atoms with van der Waals surface area (Å²) < 4.78 is 14.6. The Morgan fingerprint density at radius 2 is 1.96 bits per heavy atom. The number of rotatable bonds is 4. The molecule has 1 fully saturated rings. The maximum Gasteiger partial charge on any atom is 0.319 e. The van der Waals surface area contributed by atoms with Crippen LogP contribution in [0, 0.1) is 5.82 Å². The lowest BCUT2D eigenvalue weighted by atomic mass is 9.96. The van der Waals surface area contributed by atoms with Crippen LogP contribution in [0.5, 0.6) is 0 Å². The molecule has 23 heavy (non-hydrogen) atoms. The van der Waals surface area contributed by atoms with Crippen molar-refractivity contribution >= 4 is 11.7 Å². The van der Waals surface area contributed by atoms with E-state index in [0.29, 0.717) is 12.2 Å². The summed E-state index contributed by atoms with van der Waals surface area (Å²) in [6, 6.07) is 6.39. The maximum atomic E-state index is 12.9. The van der Waals surface area contributed by atoms with Crippen LogP contribution in [0.25, 0.3) is 0 Å². The molecule has 0 aliphatic heterocycles. The van der Waals surface area contributed by atoms with Crippen LogP contribution in [0.2, 0.25) is 0 Å². The number of carbonyl (C=O) groups excluding carboxylic acids is 1. The molecule has 1 aliphatic rings. The summed E-state index contributed by atoms with van der Waals surface area (Å²) >= 11 is 0. The van der Waals surface area contributed by atoms with E-state index in [0.717, 1.165) is 18.4 Å². The molecule has 0 bridgehead atoms. The van der Waals surface area contributed by atoms with E-state index in [1.807, 2.05) is 0 Å². The first-order valence-corrected chi connectivity index (χ1v) is 8.03. The molecule has 2 aromatic rings. The van der Waals surface area contributed by atoms with Crippen LogP contribution in [0.1, 0.15) is 37.7 Å². The number of nitrogens with one attached hydrogen (secondary N) is 2. The van der Waals surface area contributed by atoms with Crippen LogP contribution in [-0.2, 0) is 6.54 Å². The highest BCUT2D eigenvalue weighted by atomic mass is 19.1. The summed E-state index contributed by atoms with van der Waals surface area (Å²) in [5.41, 5.74) is 1.60. The zero-order valence-corrected chi connectivity index (χ0v) is 13.0. The number of amides is 2. The van der Waals surface area contributed by atoms with Crippen LogP contribution >= 0.6 is 0 Å². The standard InChI is InChI=1S/C17H21FN4O/c18-14-8-6-13(7-9-14)11-22-12-16(10-19-22)21-17(23)20-15-4-2-1-3-5-15/h6-10,12,15H,1-5,11H2,(H2,20,21,23). The van der Waals surface area contributed by atoms with Gasteiger partial charge in [-0.1, -0.05) is 31.4 Å². The summed E-state index contributed by atoms with van der Waals surface area (Å²) in [5, 5.41) is 10.0. The van der Waals surface area contributed by atoms with E-state index in [1.165, 1.54) is 31.4 Å². The first-order chi connectivity index (χ1) is 11.2. The van der Waals surface area contributed by atoms with Gasteiger partial charge in [-0.15, -0.1) is 0 Å². The van der Waals surface area contributed by atoms with Crippen molar-refractivity contribution in [3.05, 3.63) is 48.0 Å². The second kappa shape index (κ2) is 7.26. The Labute approximate surface area is 134 Å². The van der Waals surface area contributed by atoms with Gasteiger partial charge in [0.15, 0.2) is 0 Å². The Morgan fingerprint density at radius 1 is 1.22 bits per heavy atom. The molecule has 5 nitrogen and oxygen atoms in total. The van der Waals surface area contributed by atoms with Crippen molar-refractivity contribution in [2.75, 3.05) is 5.32 Å². The molecule has 3 rings (SSSR count). The predicted octanol–water partition coefficient (Wildman–Crippen LogP) is 3.52. The third-order valence-corrected chi connectivity index (χ3v) is 4.09. The van der Waals surface area contributed by atoms with Gasteiger partial charge >= 0.3 is 6.03 Å². The number of nitrogens with zero attached hydrogens (tertiary/aromatic N) is 2. The normalized spacial score (nSPS) is 15.3. The van der Waals surface area contributed by atoms with Gasteiger partial charge in [0, 0.05) is 12.2 Å². The molecule has 0 atom stereocenters. The molecule has 6 heteroatoms.